The van der Waals surface area contributed by atoms with E-state index in [0.717, 1.165) is 18.8 Å². The van der Waals surface area contributed by atoms with Crippen molar-refractivity contribution in [3.8, 4) is 0 Å². The average Bonchev–Trinajstić information content (AvgIpc) is 2.30. The molecule has 2 heterocycles. The number of anilines is 1. The van der Waals surface area contributed by atoms with E-state index in [1.165, 1.54) is 31.7 Å². The number of rotatable bonds is 3. The summed E-state index contributed by atoms with van der Waals surface area (Å²) in [6.45, 7) is 10.2. The van der Waals surface area contributed by atoms with Crippen molar-refractivity contribution in [1.29, 1.82) is 0 Å². The molecule has 0 atom stereocenters. The molecule has 1 aliphatic rings. The van der Waals surface area contributed by atoms with Gasteiger partial charge in [-0.2, -0.15) is 0 Å². The SMILES string of the molecule is CCCN1CCN(c2ccnc(C)c2)CC1. The van der Waals surface area contributed by atoms with Gasteiger partial charge in [0.05, 0.1) is 0 Å². The highest BCUT2D eigenvalue weighted by Gasteiger charge is 2.16. The maximum Gasteiger partial charge on any atom is 0.0400 e. The Morgan fingerprint density at radius 3 is 2.62 bits per heavy atom. The molecule has 2 rings (SSSR count). The van der Waals surface area contributed by atoms with Gasteiger partial charge in [-0.05, 0) is 32.0 Å². The molecule has 0 aromatic carbocycles. The Balaban J connectivity index is 1.94. The molecule has 3 nitrogen and oxygen atoms in total. The molecule has 88 valence electrons. The van der Waals surface area contributed by atoms with Crippen molar-refractivity contribution in [2.24, 2.45) is 0 Å². The van der Waals surface area contributed by atoms with E-state index < -0.39 is 0 Å². The number of aryl methyl sites for hydroxylation is 1. The van der Waals surface area contributed by atoms with Gasteiger partial charge in [-0.15, -0.1) is 0 Å². The van der Waals surface area contributed by atoms with Crippen molar-refractivity contribution >= 4 is 5.69 Å². The topological polar surface area (TPSA) is 19.4 Å². The van der Waals surface area contributed by atoms with E-state index in [4.69, 9.17) is 0 Å². The fourth-order valence-corrected chi connectivity index (χ4v) is 2.27. The quantitative estimate of drug-likeness (QED) is 0.774. The van der Waals surface area contributed by atoms with Gasteiger partial charge in [0.25, 0.3) is 0 Å². The Bertz CT molecular complexity index is 330. The summed E-state index contributed by atoms with van der Waals surface area (Å²) in [6, 6.07) is 4.29. The van der Waals surface area contributed by atoms with Crippen LogP contribution in [-0.2, 0) is 0 Å². The van der Waals surface area contributed by atoms with Crippen molar-refractivity contribution in [1.82, 2.24) is 9.88 Å². The van der Waals surface area contributed by atoms with Crippen molar-refractivity contribution in [3.05, 3.63) is 24.0 Å². The van der Waals surface area contributed by atoms with E-state index in [0.29, 0.717) is 0 Å². The number of hydrogen-bond donors (Lipinski definition) is 0. The van der Waals surface area contributed by atoms with E-state index in [-0.39, 0.29) is 0 Å². The first-order valence-electron chi connectivity index (χ1n) is 6.19. The summed E-state index contributed by atoms with van der Waals surface area (Å²) in [7, 11) is 0. The first-order valence-corrected chi connectivity index (χ1v) is 6.19. The smallest absolute Gasteiger partial charge is 0.0400 e. The van der Waals surface area contributed by atoms with Crippen LogP contribution in [0.2, 0.25) is 0 Å². The number of aromatic nitrogens is 1. The molecule has 0 spiro atoms. The zero-order chi connectivity index (χ0) is 11.4. The van der Waals surface area contributed by atoms with Gasteiger partial charge in [-0.3, -0.25) is 9.88 Å². The summed E-state index contributed by atoms with van der Waals surface area (Å²) in [5.41, 5.74) is 2.43. The van der Waals surface area contributed by atoms with Crippen LogP contribution in [0, 0.1) is 6.92 Å². The normalized spacial score (nSPS) is 17.8. The molecule has 16 heavy (non-hydrogen) atoms. The minimum Gasteiger partial charge on any atom is -0.369 e. The zero-order valence-corrected chi connectivity index (χ0v) is 10.3. The molecule has 1 aromatic rings. The Labute approximate surface area is 98.1 Å². The molecule has 1 aromatic heterocycles. The largest absolute Gasteiger partial charge is 0.369 e. The minimum atomic E-state index is 1.11. The van der Waals surface area contributed by atoms with E-state index >= 15 is 0 Å². The zero-order valence-electron chi connectivity index (χ0n) is 10.3. The van der Waals surface area contributed by atoms with E-state index in [1.54, 1.807) is 0 Å². The van der Waals surface area contributed by atoms with Gasteiger partial charge in [-0.1, -0.05) is 6.92 Å². The van der Waals surface area contributed by atoms with Crippen molar-refractivity contribution < 1.29 is 0 Å². The Morgan fingerprint density at radius 1 is 1.25 bits per heavy atom. The van der Waals surface area contributed by atoms with Gasteiger partial charge in [0.2, 0.25) is 0 Å². The van der Waals surface area contributed by atoms with Gasteiger partial charge in [0.15, 0.2) is 0 Å². The van der Waals surface area contributed by atoms with Crippen LogP contribution in [0.5, 0.6) is 0 Å². The lowest BCUT2D eigenvalue weighted by molar-refractivity contribution is 0.258. The van der Waals surface area contributed by atoms with Gasteiger partial charge < -0.3 is 4.90 Å². The standard InChI is InChI=1S/C13H21N3/c1-3-6-15-7-9-16(10-8-15)13-4-5-14-12(2)11-13/h4-5,11H,3,6-10H2,1-2H3. The molecule has 0 unspecified atom stereocenters. The third-order valence-electron chi connectivity index (χ3n) is 3.16. The van der Waals surface area contributed by atoms with E-state index in [9.17, 15) is 0 Å². The molecule has 0 N–H and O–H groups in total. The Hall–Kier alpha value is -1.09. The molecule has 0 aliphatic carbocycles. The maximum atomic E-state index is 4.24. The van der Waals surface area contributed by atoms with Gasteiger partial charge in [-0.25, -0.2) is 0 Å². The van der Waals surface area contributed by atoms with Crippen molar-refractivity contribution in [2.45, 2.75) is 20.3 Å². The fraction of sp³-hybridized carbons (Fsp3) is 0.615. The van der Waals surface area contributed by atoms with Crippen LogP contribution in [0.1, 0.15) is 19.0 Å². The Kier molecular flexibility index (Phi) is 3.78. The summed E-state index contributed by atoms with van der Waals surface area (Å²) in [5, 5.41) is 0. The third kappa shape index (κ3) is 2.73. The van der Waals surface area contributed by atoms with Crippen LogP contribution in [0.4, 0.5) is 5.69 Å². The fourth-order valence-electron chi connectivity index (χ4n) is 2.27. The molecule has 0 bridgehead atoms. The lowest BCUT2D eigenvalue weighted by Gasteiger charge is -2.36. The highest BCUT2D eigenvalue weighted by molar-refractivity contribution is 5.46. The maximum absolute atomic E-state index is 4.24. The van der Waals surface area contributed by atoms with Gasteiger partial charge in [0.1, 0.15) is 0 Å². The van der Waals surface area contributed by atoms with Crippen LogP contribution in [0.3, 0.4) is 0 Å². The molecule has 0 amide bonds. The first kappa shape index (κ1) is 11.4. The lowest BCUT2D eigenvalue weighted by Crippen LogP contribution is -2.46. The highest BCUT2D eigenvalue weighted by atomic mass is 15.3. The van der Waals surface area contributed by atoms with Crippen molar-refractivity contribution in [3.63, 3.8) is 0 Å². The summed E-state index contributed by atoms with van der Waals surface area (Å²) in [6.07, 6.45) is 3.16. The molecule has 0 saturated carbocycles. The monoisotopic (exact) mass is 219 g/mol. The highest BCUT2D eigenvalue weighted by Crippen LogP contribution is 2.16. The summed E-state index contributed by atoms with van der Waals surface area (Å²) in [4.78, 5) is 9.25. The number of piperazine rings is 1. The van der Waals surface area contributed by atoms with Crippen LogP contribution < -0.4 is 4.90 Å². The average molecular weight is 219 g/mol. The summed E-state index contributed by atoms with van der Waals surface area (Å²) in [5.74, 6) is 0. The molecule has 1 saturated heterocycles. The molecule has 3 heteroatoms. The predicted molar refractivity (Wildman–Crippen MR) is 67.9 cm³/mol. The molecular formula is C13H21N3. The third-order valence-corrected chi connectivity index (χ3v) is 3.16. The van der Waals surface area contributed by atoms with E-state index in [2.05, 4.69) is 40.8 Å². The van der Waals surface area contributed by atoms with Gasteiger partial charge >= 0.3 is 0 Å². The molecular weight excluding hydrogens is 198 g/mol. The number of nitrogens with zero attached hydrogens (tertiary/aromatic N) is 3. The summed E-state index contributed by atoms with van der Waals surface area (Å²) < 4.78 is 0. The van der Waals surface area contributed by atoms with Crippen LogP contribution in [-0.4, -0.2) is 42.6 Å². The molecule has 1 fully saturated rings. The van der Waals surface area contributed by atoms with Crippen LogP contribution in [0.15, 0.2) is 18.3 Å². The van der Waals surface area contributed by atoms with E-state index in [1.807, 2.05) is 6.20 Å². The van der Waals surface area contributed by atoms with Crippen LogP contribution >= 0.6 is 0 Å². The number of pyridine rings is 1. The predicted octanol–water partition coefficient (Wildman–Crippen LogP) is 1.92. The molecule has 1 aliphatic heterocycles. The second-order valence-corrected chi connectivity index (χ2v) is 4.48. The second-order valence-electron chi connectivity index (χ2n) is 4.48. The second kappa shape index (κ2) is 5.30. The lowest BCUT2D eigenvalue weighted by atomic mass is 10.2. The van der Waals surface area contributed by atoms with Gasteiger partial charge in [0, 0.05) is 43.8 Å². The van der Waals surface area contributed by atoms with Crippen molar-refractivity contribution in [2.75, 3.05) is 37.6 Å². The number of hydrogen-bond acceptors (Lipinski definition) is 3. The van der Waals surface area contributed by atoms with Crippen LogP contribution in [0.25, 0.3) is 0 Å². The first-order chi connectivity index (χ1) is 7.79. The Morgan fingerprint density at radius 2 is 2.00 bits per heavy atom. The minimum absolute atomic E-state index is 1.11. The molecule has 0 radical (unpaired) electrons. The summed E-state index contributed by atoms with van der Waals surface area (Å²) >= 11 is 0.